The fourth-order valence-corrected chi connectivity index (χ4v) is 4.81. The fourth-order valence-electron chi connectivity index (χ4n) is 3.40. The highest BCUT2D eigenvalue weighted by Crippen LogP contribution is 2.39. The number of benzene rings is 1. The topological polar surface area (TPSA) is 81.4 Å². The molecule has 0 fully saturated rings. The van der Waals surface area contributed by atoms with Crippen molar-refractivity contribution in [2.24, 2.45) is 0 Å². The first kappa shape index (κ1) is 19.7. The van der Waals surface area contributed by atoms with Crippen LogP contribution < -0.4 is 5.32 Å². The van der Waals surface area contributed by atoms with Crippen LogP contribution in [0.2, 0.25) is 5.02 Å². The van der Waals surface area contributed by atoms with Crippen LogP contribution >= 0.6 is 22.9 Å². The standard InChI is InChI=1S/C21H19ClN2O4S/c1-2-27-21(26)18-14-5-3-4-6-17(14)29-20(18)23-10-12(11-25)19-24-15-9-13(22)7-8-16(15)28-19/h7-11,23H,2-6H2,1H3. The molecule has 1 N–H and O–H groups in total. The molecule has 1 aromatic carbocycles. The zero-order valence-corrected chi connectivity index (χ0v) is 17.4. The number of aldehydes is 1. The minimum absolute atomic E-state index is 0.184. The Hall–Kier alpha value is -2.64. The average molecular weight is 431 g/mol. The highest BCUT2D eigenvalue weighted by molar-refractivity contribution is 7.16. The lowest BCUT2D eigenvalue weighted by Crippen LogP contribution is -2.10. The van der Waals surface area contributed by atoms with Crippen LogP contribution in [0.1, 0.15) is 46.5 Å². The van der Waals surface area contributed by atoms with Crippen LogP contribution in [0.4, 0.5) is 5.00 Å². The van der Waals surface area contributed by atoms with E-state index in [0.717, 1.165) is 31.2 Å². The van der Waals surface area contributed by atoms with Gasteiger partial charge in [0.25, 0.3) is 0 Å². The summed E-state index contributed by atoms with van der Waals surface area (Å²) in [6, 6.07) is 5.07. The second-order valence-corrected chi connectivity index (χ2v) is 8.17. The highest BCUT2D eigenvalue weighted by atomic mass is 35.5. The van der Waals surface area contributed by atoms with E-state index in [-0.39, 0.29) is 17.4 Å². The number of rotatable bonds is 6. The summed E-state index contributed by atoms with van der Waals surface area (Å²) < 4.78 is 10.9. The lowest BCUT2D eigenvalue weighted by atomic mass is 9.95. The Morgan fingerprint density at radius 3 is 3.00 bits per heavy atom. The van der Waals surface area contributed by atoms with Gasteiger partial charge in [-0.25, -0.2) is 9.78 Å². The minimum atomic E-state index is -0.341. The number of nitrogens with zero attached hydrogens (tertiary/aromatic N) is 1. The Labute approximate surface area is 176 Å². The number of hydrogen-bond donors (Lipinski definition) is 1. The van der Waals surface area contributed by atoms with E-state index in [1.807, 2.05) is 0 Å². The van der Waals surface area contributed by atoms with E-state index in [1.165, 1.54) is 22.4 Å². The monoisotopic (exact) mass is 430 g/mol. The molecule has 0 saturated heterocycles. The number of aromatic nitrogens is 1. The third-order valence-corrected chi connectivity index (χ3v) is 6.19. The van der Waals surface area contributed by atoms with Gasteiger partial charge in [0.2, 0.25) is 5.89 Å². The summed E-state index contributed by atoms with van der Waals surface area (Å²) in [5, 5.41) is 4.33. The van der Waals surface area contributed by atoms with Gasteiger partial charge >= 0.3 is 5.97 Å². The zero-order valence-electron chi connectivity index (χ0n) is 15.8. The number of allylic oxidation sites excluding steroid dienone is 1. The minimum Gasteiger partial charge on any atom is -0.462 e. The van der Waals surface area contributed by atoms with Crippen LogP contribution in [-0.2, 0) is 22.4 Å². The molecule has 150 valence electrons. The van der Waals surface area contributed by atoms with Crippen LogP contribution in [0, 0.1) is 0 Å². The molecule has 8 heteroatoms. The molecule has 0 radical (unpaired) electrons. The fraction of sp³-hybridized carbons (Fsp3) is 0.286. The van der Waals surface area contributed by atoms with E-state index in [9.17, 15) is 9.59 Å². The molecule has 0 bridgehead atoms. The Morgan fingerprint density at radius 1 is 1.38 bits per heavy atom. The molecule has 3 aromatic rings. The normalized spacial score (nSPS) is 13.9. The molecule has 0 spiro atoms. The van der Waals surface area contributed by atoms with Crippen molar-refractivity contribution < 1.29 is 18.7 Å². The maximum Gasteiger partial charge on any atom is 0.341 e. The van der Waals surface area contributed by atoms with Gasteiger partial charge in [0.05, 0.1) is 17.7 Å². The Bertz CT molecular complexity index is 1120. The van der Waals surface area contributed by atoms with Crippen LogP contribution in [0.5, 0.6) is 0 Å². The molecule has 0 atom stereocenters. The van der Waals surface area contributed by atoms with E-state index < -0.39 is 0 Å². The number of thiophene rings is 1. The quantitative estimate of drug-likeness (QED) is 0.326. The zero-order chi connectivity index (χ0) is 20.4. The van der Waals surface area contributed by atoms with Gasteiger partial charge < -0.3 is 14.5 Å². The summed E-state index contributed by atoms with van der Waals surface area (Å²) in [6.45, 7) is 2.09. The maximum atomic E-state index is 12.5. The van der Waals surface area contributed by atoms with Crippen molar-refractivity contribution in [3.05, 3.63) is 51.3 Å². The summed E-state index contributed by atoms with van der Waals surface area (Å²) in [5.41, 5.74) is 2.96. The number of carbonyl (C=O) groups excluding carboxylic acids is 2. The van der Waals surface area contributed by atoms with Crippen molar-refractivity contribution in [3.8, 4) is 0 Å². The van der Waals surface area contributed by atoms with Crippen molar-refractivity contribution in [1.82, 2.24) is 4.98 Å². The van der Waals surface area contributed by atoms with Crippen molar-refractivity contribution in [3.63, 3.8) is 0 Å². The Balaban J connectivity index is 1.68. The van der Waals surface area contributed by atoms with Crippen molar-refractivity contribution in [1.29, 1.82) is 0 Å². The number of oxazole rings is 1. The number of anilines is 1. The molecule has 0 unspecified atom stereocenters. The molecule has 6 nitrogen and oxygen atoms in total. The Morgan fingerprint density at radius 2 is 2.21 bits per heavy atom. The molecule has 4 rings (SSSR count). The SMILES string of the molecule is CCOC(=O)c1c(NC=C(C=O)c2nc3cc(Cl)ccc3o2)sc2c1CCCC2. The number of halogens is 1. The van der Waals surface area contributed by atoms with Gasteiger partial charge in [-0.3, -0.25) is 4.79 Å². The summed E-state index contributed by atoms with van der Waals surface area (Å²) in [6.07, 6.45) is 6.14. The van der Waals surface area contributed by atoms with Gasteiger partial charge in [-0.1, -0.05) is 11.6 Å². The van der Waals surface area contributed by atoms with E-state index >= 15 is 0 Å². The first-order chi connectivity index (χ1) is 14.1. The van der Waals surface area contributed by atoms with Gasteiger partial charge in [-0.05, 0) is 56.4 Å². The van der Waals surface area contributed by atoms with Crippen molar-refractivity contribution in [2.75, 3.05) is 11.9 Å². The summed E-state index contributed by atoms with van der Waals surface area (Å²) in [4.78, 5) is 29.7. The molecule has 1 aliphatic rings. The summed E-state index contributed by atoms with van der Waals surface area (Å²) in [5.74, 6) is -0.157. The largest absolute Gasteiger partial charge is 0.462 e. The number of fused-ring (bicyclic) bond motifs is 2. The van der Waals surface area contributed by atoms with Gasteiger partial charge in [0.1, 0.15) is 10.5 Å². The molecule has 0 saturated carbocycles. The smallest absolute Gasteiger partial charge is 0.341 e. The molecular weight excluding hydrogens is 412 g/mol. The molecule has 29 heavy (non-hydrogen) atoms. The number of ether oxygens (including phenoxy) is 1. The van der Waals surface area contributed by atoms with Crippen LogP contribution in [0.3, 0.4) is 0 Å². The molecular formula is C21H19ClN2O4S. The first-order valence-electron chi connectivity index (χ1n) is 9.40. The lowest BCUT2D eigenvalue weighted by molar-refractivity contribution is -0.103. The highest BCUT2D eigenvalue weighted by Gasteiger charge is 2.26. The van der Waals surface area contributed by atoms with Crippen LogP contribution in [-0.4, -0.2) is 23.8 Å². The van der Waals surface area contributed by atoms with Crippen molar-refractivity contribution >= 4 is 56.9 Å². The van der Waals surface area contributed by atoms with E-state index in [1.54, 1.807) is 25.1 Å². The van der Waals surface area contributed by atoms with E-state index in [4.69, 9.17) is 20.8 Å². The van der Waals surface area contributed by atoms with Gasteiger partial charge in [0, 0.05) is 16.1 Å². The van der Waals surface area contributed by atoms with Gasteiger partial charge in [-0.15, -0.1) is 11.3 Å². The van der Waals surface area contributed by atoms with Gasteiger partial charge in [-0.2, -0.15) is 0 Å². The molecule has 2 heterocycles. The third kappa shape index (κ3) is 3.93. The summed E-state index contributed by atoms with van der Waals surface area (Å²) >= 11 is 7.51. The number of aryl methyl sites for hydroxylation is 1. The number of esters is 1. The number of carbonyl (C=O) groups is 2. The average Bonchev–Trinajstić information content (AvgIpc) is 3.29. The maximum absolute atomic E-state index is 12.5. The van der Waals surface area contributed by atoms with Crippen molar-refractivity contribution in [2.45, 2.75) is 32.6 Å². The molecule has 1 aliphatic carbocycles. The molecule has 0 aliphatic heterocycles. The Kier molecular flexibility index (Phi) is 5.69. The first-order valence-corrected chi connectivity index (χ1v) is 10.6. The second kappa shape index (κ2) is 8.39. The number of nitrogens with one attached hydrogen (secondary N) is 1. The predicted molar refractivity (Wildman–Crippen MR) is 114 cm³/mol. The van der Waals surface area contributed by atoms with Crippen LogP contribution in [0.25, 0.3) is 16.7 Å². The van der Waals surface area contributed by atoms with Gasteiger partial charge in [0.15, 0.2) is 11.9 Å². The predicted octanol–water partition coefficient (Wildman–Crippen LogP) is 5.25. The lowest BCUT2D eigenvalue weighted by Gasteiger charge is -2.12. The summed E-state index contributed by atoms with van der Waals surface area (Å²) in [7, 11) is 0. The number of hydrogen-bond acceptors (Lipinski definition) is 7. The van der Waals surface area contributed by atoms with E-state index in [2.05, 4.69) is 10.3 Å². The van der Waals surface area contributed by atoms with E-state index in [0.29, 0.717) is 39.6 Å². The second-order valence-electron chi connectivity index (χ2n) is 6.63. The third-order valence-electron chi connectivity index (χ3n) is 4.73. The van der Waals surface area contributed by atoms with Crippen LogP contribution in [0.15, 0.2) is 28.8 Å². The molecule has 2 aromatic heterocycles. The molecule has 0 amide bonds.